The van der Waals surface area contributed by atoms with E-state index >= 15 is 0 Å². The first kappa shape index (κ1) is 21.8. The molecule has 1 amide bonds. The van der Waals surface area contributed by atoms with Crippen LogP contribution in [0, 0.1) is 13.8 Å². The Bertz CT molecular complexity index is 1200. The van der Waals surface area contributed by atoms with Gasteiger partial charge in [0.15, 0.2) is 0 Å². The number of ether oxygens (including phenoxy) is 1. The van der Waals surface area contributed by atoms with Crippen LogP contribution in [0.4, 0.5) is 5.69 Å². The number of aliphatic hydroxyl groups is 1. The van der Waals surface area contributed by atoms with Gasteiger partial charge in [-0.1, -0.05) is 25.1 Å². The van der Waals surface area contributed by atoms with Crippen LogP contribution in [-0.2, 0) is 9.59 Å². The molecule has 4 rings (SSSR count). The van der Waals surface area contributed by atoms with Crippen molar-refractivity contribution >= 4 is 34.5 Å². The Balaban J connectivity index is 1.86. The molecule has 1 N–H and O–H groups in total. The number of carbonyl (C=O) groups is 2. The maximum Gasteiger partial charge on any atom is 0.300 e. The molecular formula is C26H25NO4S. The number of nitrogens with zero attached hydrogens (tertiary/aromatic N) is 1. The van der Waals surface area contributed by atoms with E-state index in [2.05, 4.69) is 0 Å². The molecule has 3 aromatic rings. The fourth-order valence-electron chi connectivity index (χ4n) is 3.93. The van der Waals surface area contributed by atoms with Crippen LogP contribution in [0.15, 0.2) is 65.6 Å². The molecule has 0 saturated carbocycles. The van der Waals surface area contributed by atoms with Crippen molar-refractivity contribution in [1.82, 2.24) is 0 Å². The first-order valence-electron chi connectivity index (χ1n) is 10.6. The van der Waals surface area contributed by atoms with Crippen LogP contribution in [-0.4, -0.2) is 23.4 Å². The summed E-state index contributed by atoms with van der Waals surface area (Å²) in [5.74, 6) is -0.771. The third-order valence-corrected chi connectivity index (χ3v) is 6.61. The molecule has 1 fully saturated rings. The third kappa shape index (κ3) is 3.82. The second-order valence-corrected chi connectivity index (χ2v) is 8.75. The normalized spacial score (nSPS) is 17.7. The van der Waals surface area contributed by atoms with Crippen LogP contribution in [0.25, 0.3) is 5.76 Å². The molecule has 164 valence electrons. The van der Waals surface area contributed by atoms with Gasteiger partial charge in [-0.2, -0.15) is 0 Å². The zero-order valence-electron chi connectivity index (χ0n) is 18.3. The highest BCUT2D eigenvalue weighted by Gasteiger charge is 2.47. The fourth-order valence-corrected chi connectivity index (χ4v) is 4.95. The van der Waals surface area contributed by atoms with Gasteiger partial charge >= 0.3 is 0 Å². The van der Waals surface area contributed by atoms with Crippen LogP contribution >= 0.6 is 11.3 Å². The SMILES string of the molecule is CCCOc1ccc(/C(O)=C2/C(=O)C(=O)N(c3ccccc3)C2c2sccc2C)cc1C. The zero-order chi connectivity index (χ0) is 22.8. The molecule has 2 aromatic carbocycles. The van der Waals surface area contributed by atoms with Crippen LogP contribution in [0.5, 0.6) is 5.75 Å². The molecule has 0 bridgehead atoms. The summed E-state index contributed by atoms with van der Waals surface area (Å²) in [5.41, 5.74) is 3.02. The summed E-state index contributed by atoms with van der Waals surface area (Å²) < 4.78 is 5.73. The van der Waals surface area contributed by atoms with Gasteiger partial charge in [-0.3, -0.25) is 14.5 Å². The zero-order valence-corrected chi connectivity index (χ0v) is 19.1. The molecule has 1 unspecified atom stereocenters. The number of aryl methyl sites for hydroxylation is 2. The molecule has 0 aliphatic carbocycles. The van der Waals surface area contributed by atoms with Gasteiger partial charge in [-0.25, -0.2) is 0 Å². The Morgan fingerprint density at radius 2 is 1.81 bits per heavy atom. The van der Waals surface area contributed by atoms with E-state index in [-0.39, 0.29) is 11.3 Å². The Labute approximate surface area is 191 Å². The molecule has 1 aliphatic heterocycles. The molecule has 0 spiro atoms. The number of amides is 1. The molecule has 2 heterocycles. The van der Waals surface area contributed by atoms with Crippen molar-refractivity contribution in [3.63, 3.8) is 0 Å². The standard InChI is InChI=1S/C26H25NO4S/c1-4-13-31-20-11-10-18(15-17(20)3)23(28)21-22(25-16(2)12-14-32-25)27(26(30)24(21)29)19-8-6-5-7-9-19/h5-12,14-15,22,28H,4,13H2,1-3H3/b23-21-. The smallest absolute Gasteiger partial charge is 0.300 e. The molecular weight excluding hydrogens is 422 g/mol. The highest BCUT2D eigenvalue weighted by molar-refractivity contribution is 7.10. The number of rotatable bonds is 6. The van der Waals surface area contributed by atoms with E-state index in [1.807, 2.05) is 50.4 Å². The summed E-state index contributed by atoms with van der Waals surface area (Å²) in [5, 5.41) is 13.2. The van der Waals surface area contributed by atoms with E-state index < -0.39 is 17.7 Å². The summed E-state index contributed by atoms with van der Waals surface area (Å²) in [6, 6.07) is 15.7. The molecule has 1 aromatic heterocycles. The van der Waals surface area contributed by atoms with Crippen LogP contribution in [0.3, 0.4) is 0 Å². The predicted octanol–water partition coefficient (Wildman–Crippen LogP) is 5.78. The number of benzene rings is 2. The molecule has 32 heavy (non-hydrogen) atoms. The number of aliphatic hydroxyl groups excluding tert-OH is 1. The lowest BCUT2D eigenvalue weighted by atomic mass is 9.97. The van der Waals surface area contributed by atoms with Gasteiger partial charge < -0.3 is 9.84 Å². The lowest BCUT2D eigenvalue weighted by molar-refractivity contribution is -0.132. The molecule has 6 heteroatoms. The molecule has 0 radical (unpaired) electrons. The highest BCUT2D eigenvalue weighted by atomic mass is 32.1. The first-order chi connectivity index (χ1) is 15.4. The van der Waals surface area contributed by atoms with Crippen molar-refractivity contribution in [1.29, 1.82) is 0 Å². The van der Waals surface area contributed by atoms with E-state index in [0.717, 1.165) is 28.2 Å². The minimum absolute atomic E-state index is 0.103. The highest BCUT2D eigenvalue weighted by Crippen LogP contribution is 2.44. The van der Waals surface area contributed by atoms with Crippen LogP contribution in [0.1, 0.15) is 41.0 Å². The number of thiophene rings is 1. The number of para-hydroxylation sites is 1. The molecule has 5 nitrogen and oxygen atoms in total. The van der Waals surface area contributed by atoms with Gasteiger partial charge in [0.2, 0.25) is 0 Å². The van der Waals surface area contributed by atoms with Crippen molar-refractivity contribution in [3.8, 4) is 5.75 Å². The Morgan fingerprint density at radius 1 is 1.06 bits per heavy atom. The fraction of sp³-hybridized carbons (Fsp3) is 0.231. The van der Waals surface area contributed by atoms with Crippen molar-refractivity contribution in [2.24, 2.45) is 0 Å². The number of ketones is 1. The summed E-state index contributed by atoms with van der Waals surface area (Å²) in [4.78, 5) is 28.6. The van der Waals surface area contributed by atoms with Crippen molar-refractivity contribution in [3.05, 3.63) is 87.1 Å². The second-order valence-electron chi connectivity index (χ2n) is 7.80. The third-order valence-electron chi connectivity index (χ3n) is 5.54. The molecule has 1 aliphatic rings. The van der Waals surface area contributed by atoms with Crippen LogP contribution in [0.2, 0.25) is 0 Å². The molecule has 1 saturated heterocycles. The van der Waals surface area contributed by atoms with Crippen LogP contribution < -0.4 is 9.64 Å². The van der Waals surface area contributed by atoms with E-state index in [0.29, 0.717) is 17.9 Å². The van der Waals surface area contributed by atoms with Gasteiger partial charge in [0.25, 0.3) is 11.7 Å². The number of carbonyl (C=O) groups excluding carboxylic acids is 2. The lowest BCUT2D eigenvalue weighted by Crippen LogP contribution is -2.29. The number of Topliss-reactive ketones (excluding diaryl/α,β-unsaturated/α-hetero) is 1. The van der Waals surface area contributed by atoms with Gasteiger partial charge in [0.05, 0.1) is 12.2 Å². The maximum absolute atomic E-state index is 13.2. The van der Waals surface area contributed by atoms with E-state index in [4.69, 9.17) is 4.74 Å². The monoisotopic (exact) mass is 447 g/mol. The van der Waals surface area contributed by atoms with Crippen molar-refractivity contribution in [2.45, 2.75) is 33.2 Å². The average molecular weight is 448 g/mol. The average Bonchev–Trinajstić information content (AvgIpc) is 3.33. The summed E-state index contributed by atoms with van der Waals surface area (Å²) in [6.07, 6.45) is 0.893. The lowest BCUT2D eigenvalue weighted by Gasteiger charge is -2.25. The Morgan fingerprint density at radius 3 is 2.44 bits per heavy atom. The topological polar surface area (TPSA) is 66.8 Å². The van der Waals surface area contributed by atoms with Gasteiger partial charge in [-0.05, 0) is 73.2 Å². The van der Waals surface area contributed by atoms with E-state index in [1.165, 1.54) is 16.2 Å². The van der Waals surface area contributed by atoms with Gasteiger partial charge in [0, 0.05) is 16.1 Å². The quantitative estimate of drug-likeness (QED) is 0.295. The predicted molar refractivity (Wildman–Crippen MR) is 127 cm³/mol. The Kier molecular flexibility index (Phi) is 6.15. The molecule has 1 atom stereocenters. The Hall–Kier alpha value is -3.38. The summed E-state index contributed by atoms with van der Waals surface area (Å²) in [7, 11) is 0. The van der Waals surface area contributed by atoms with Gasteiger partial charge in [-0.15, -0.1) is 11.3 Å². The van der Waals surface area contributed by atoms with Gasteiger partial charge in [0.1, 0.15) is 17.6 Å². The summed E-state index contributed by atoms with van der Waals surface area (Å²) >= 11 is 1.47. The van der Waals surface area contributed by atoms with E-state index in [9.17, 15) is 14.7 Å². The minimum atomic E-state index is -0.687. The first-order valence-corrected chi connectivity index (χ1v) is 11.5. The summed E-state index contributed by atoms with van der Waals surface area (Å²) in [6.45, 7) is 6.48. The maximum atomic E-state index is 13.2. The van der Waals surface area contributed by atoms with Crippen molar-refractivity contribution in [2.75, 3.05) is 11.5 Å². The second kappa shape index (κ2) is 9.01. The number of anilines is 1. The largest absolute Gasteiger partial charge is 0.507 e. The van der Waals surface area contributed by atoms with E-state index in [1.54, 1.807) is 30.3 Å². The minimum Gasteiger partial charge on any atom is -0.507 e. The number of hydrogen-bond acceptors (Lipinski definition) is 5. The van der Waals surface area contributed by atoms with Crippen molar-refractivity contribution < 1.29 is 19.4 Å². The number of hydrogen-bond donors (Lipinski definition) is 1.